The Kier molecular flexibility index (Phi) is 7.84. The Bertz CT molecular complexity index is 1340. The number of fused-ring (bicyclic) bond motifs is 5. The lowest BCUT2D eigenvalue weighted by molar-refractivity contribution is -0.228. The van der Waals surface area contributed by atoms with E-state index in [-0.39, 0.29) is 25.0 Å². The molecule has 0 heterocycles. The minimum absolute atomic E-state index is 0.0121. The van der Waals surface area contributed by atoms with E-state index in [4.69, 9.17) is 9.47 Å². The number of halogens is 1. The summed E-state index contributed by atoms with van der Waals surface area (Å²) in [4.78, 5) is 52.1. The maximum atomic E-state index is 17.6. The Balaban J connectivity index is 1.49. The molecule has 0 amide bonds. The Morgan fingerprint density at radius 3 is 2.50 bits per heavy atom. The van der Waals surface area contributed by atoms with Crippen molar-refractivity contribution in [2.45, 2.75) is 90.0 Å². The van der Waals surface area contributed by atoms with Gasteiger partial charge in [0.2, 0.25) is 5.78 Å². The molecule has 0 radical (unpaired) electrons. The molecule has 4 aliphatic rings. The van der Waals surface area contributed by atoms with Gasteiger partial charge in [-0.25, -0.2) is 4.39 Å². The highest BCUT2D eigenvalue weighted by Gasteiger charge is 2.77. The van der Waals surface area contributed by atoms with Crippen molar-refractivity contribution in [1.82, 2.24) is 0 Å². The van der Waals surface area contributed by atoms with E-state index in [1.165, 1.54) is 12.2 Å². The molecular weight excluding hydrogens is 539 g/mol. The summed E-state index contributed by atoms with van der Waals surface area (Å²) in [5.74, 6) is -3.41. The van der Waals surface area contributed by atoms with Gasteiger partial charge in [0.15, 0.2) is 23.7 Å². The van der Waals surface area contributed by atoms with Crippen LogP contribution in [0.2, 0.25) is 0 Å². The second kappa shape index (κ2) is 10.9. The molecule has 8 heteroatoms. The third-order valence-corrected chi connectivity index (χ3v) is 10.9. The van der Waals surface area contributed by atoms with Crippen LogP contribution < -0.4 is 0 Å². The molecule has 7 nitrogen and oxygen atoms in total. The van der Waals surface area contributed by atoms with Crippen molar-refractivity contribution >= 4 is 23.5 Å². The Morgan fingerprint density at radius 2 is 1.81 bits per heavy atom. The van der Waals surface area contributed by atoms with Crippen molar-refractivity contribution < 1.29 is 38.1 Å². The summed E-state index contributed by atoms with van der Waals surface area (Å²) in [5, 5.41) is 11.7. The molecule has 42 heavy (non-hydrogen) atoms. The number of aliphatic hydroxyl groups excluding tert-OH is 1. The van der Waals surface area contributed by atoms with Gasteiger partial charge in [-0.1, -0.05) is 62.8 Å². The molecule has 1 aromatic carbocycles. The topological polar surface area (TPSA) is 107 Å². The summed E-state index contributed by atoms with van der Waals surface area (Å²) in [6.45, 7) is 6.63. The number of hydrogen-bond acceptors (Lipinski definition) is 7. The van der Waals surface area contributed by atoms with Crippen LogP contribution in [-0.4, -0.2) is 52.6 Å². The number of carbonyl (C=O) groups is 4. The summed E-state index contributed by atoms with van der Waals surface area (Å²) >= 11 is 0. The summed E-state index contributed by atoms with van der Waals surface area (Å²) in [5.41, 5.74) is -4.64. The number of esters is 2. The van der Waals surface area contributed by atoms with Crippen molar-refractivity contribution in [2.24, 2.45) is 28.6 Å². The molecule has 5 rings (SSSR count). The van der Waals surface area contributed by atoms with Gasteiger partial charge in [0, 0.05) is 29.1 Å². The number of allylic oxidation sites excluding steroid dienone is 4. The first-order valence-corrected chi connectivity index (χ1v) is 15.1. The highest BCUT2D eigenvalue weighted by Crippen LogP contribution is 2.71. The van der Waals surface area contributed by atoms with Crippen molar-refractivity contribution in [3.8, 4) is 0 Å². The predicted molar refractivity (Wildman–Crippen MR) is 153 cm³/mol. The summed E-state index contributed by atoms with van der Waals surface area (Å²) in [6, 6.07) is 9.03. The van der Waals surface area contributed by atoms with Gasteiger partial charge in [0.25, 0.3) is 0 Å². The number of aliphatic hydroxyl groups is 1. The zero-order chi connectivity index (χ0) is 30.5. The normalized spacial score (nSPS) is 38.5. The van der Waals surface area contributed by atoms with E-state index < -0.39 is 70.3 Å². The number of carbonyl (C=O) groups excluding carboxylic acids is 4. The fourth-order valence-corrected chi connectivity index (χ4v) is 8.90. The summed E-state index contributed by atoms with van der Waals surface area (Å²) in [7, 11) is 0. The summed E-state index contributed by atoms with van der Waals surface area (Å²) in [6.07, 6.45) is 4.72. The van der Waals surface area contributed by atoms with Crippen molar-refractivity contribution in [3.05, 3.63) is 59.7 Å². The van der Waals surface area contributed by atoms with Crippen LogP contribution in [0.1, 0.15) is 71.8 Å². The van der Waals surface area contributed by atoms with Gasteiger partial charge in [0.05, 0.1) is 12.5 Å². The van der Waals surface area contributed by atoms with E-state index in [0.717, 1.165) is 5.56 Å². The molecule has 0 unspecified atom stereocenters. The maximum Gasteiger partial charge on any atom is 0.310 e. The van der Waals surface area contributed by atoms with Crippen LogP contribution in [0.4, 0.5) is 4.39 Å². The van der Waals surface area contributed by atoms with Gasteiger partial charge < -0.3 is 14.6 Å². The quantitative estimate of drug-likeness (QED) is 0.430. The molecule has 8 atom stereocenters. The SMILES string of the molecule is CCCC(=O)O[C@]1(C(=O)COC(=O)Cc2ccccc2)[C@H](C)C[C@H]2[C@@H]3CCC4=CC(=O)C=C[C@]4(C)[C@@]3(F)[C@@H](O)C[C@@]21C. The molecule has 0 saturated heterocycles. The van der Waals surface area contributed by atoms with Crippen molar-refractivity contribution in [3.63, 3.8) is 0 Å². The molecule has 0 aliphatic heterocycles. The first kappa shape index (κ1) is 30.3. The molecule has 3 fully saturated rings. The van der Waals surface area contributed by atoms with Crippen LogP contribution in [0.15, 0.2) is 54.1 Å². The predicted octanol–water partition coefficient (Wildman–Crippen LogP) is 5.04. The van der Waals surface area contributed by atoms with Crippen LogP contribution >= 0.6 is 0 Å². The standard InChI is InChI=1S/C34H41FO7/c1-5-9-29(39)42-34(28(38)20-41-30(40)17-22-10-7-6-8-11-22)21(2)16-26-25-13-12-23-18-24(36)14-15-31(23,3)33(25,35)27(37)19-32(26,34)4/h6-8,10-11,14-15,18,21,25-27,37H,5,9,12-13,16-17,19-20H2,1-4H3/t21-,25+,26+,27+,31+,32+,33+,34+/m1/s1. The second-order valence-corrected chi connectivity index (χ2v) is 13.1. The van der Waals surface area contributed by atoms with E-state index in [1.807, 2.05) is 39.0 Å². The summed E-state index contributed by atoms with van der Waals surface area (Å²) < 4.78 is 29.2. The van der Waals surface area contributed by atoms with E-state index in [2.05, 4.69) is 0 Å². The van der Waals surface area contributed by atoms with Gasteiger partial charge in [-0.05, 0) is 62.7 Å². The van der Waals surface area contributed by atoms with Crippen molar-refractivity contribution in [2.75, 3.05) is 6.61 Å². The van der Waals surface area contributed by atoms with Crippen LogP contribution in [0, 0.1) is 28.6 Å². The smallest absolute Gasteiger partial charge is 0.310 e. The molecule has 0 spiro atoms. The van der Waals surface area contributed by atoms with Crippen LogP contribution in [0.25, 0.3) is 0 Å². The number of ether oxygens (including phenoxy) is 2. The lowest BCUT2D eigenvalue weighted by Crippen LogP contribution is -2.70. The first-order valence-electron chi connectivity index (χ1n) is 15.1. The van der Waals surface area contributed by atoms with E-state index in [9.17, 15) is 24.3 Å². The Morgan fingerprint density at radius 1 is 1.10 bits per heavy atom. The minimum atomic E-state index is -2.08. The van der Waals surface area contributed by atoms with E-state index >= 15 is 4.39 Å². The van der Waals surface area contributed by atoms with Crippen molar-refractivity contribution in [1.29, 1.82) is 0 Å². The average Bonchev–Trinajstić information content (AvgIpc) is 3.15. The average molecular weight is 581 g/mol. The van der Waals surface area contributed by atoms with Crippen LogP contribution in [0.3, 0.4) is 0 Å². The molecule has 4 aliphatic carbocycles. The zero-order valence-electron chi connectivity index (χ0n) is 24.9. The fraction of sp³-hybridized carbons (Fsp3) is 0.588. The minimum Gasteiger partial charge on any atom is -0.457 e. The van der Waals surface area contributed by atoms with Crippen LogP contribution in [0.5, 0.6) is 0 Å². The molecule has 1 aromatic rings. The molecule has 0 aromatic heterocycles. The number of hydrogen-bond donors (Lipinski definition) is 1. The molecule has 226 valence electrons. The van der Waals surface area contributed by atoms with E-state index in [1.54, 1.807) is 25.1 Å². The second-order valence-electron chi connectivity index (χ2n) is 13.1. The highest BCUT2D eigenvalue weighted by molar-refractivity contribution is 6.01. The molecular formula is C34H41FO7. The number of ketones is 2. The van der Waals surface area contributed by atoms with Crippen LogP contribution in [-0.2, 0) is 35.1 Å². The largest absolute Gasteiger partial charge is 0.457 e. The molecule has 1 N–H and O–H groups in total. The Hall–Kier alpha value is -3.13. The number of alkyl halides is 1. The number of Topliss-reactive ketones (excluding diaryl/α,β-unsaturated/α-hetero) is 1. The van der Waals surface area contributed by atoms with Gasteiger partial charge in [0.1, 0.15) is 0 Å². The maximum absolute atomic E-state index is 17.6. The monoisotopic (exact) mass is 580 g/mol. The van der Waals surface area contributed by atoms with E-state index in [0.29, 0.717) is 31.3 Å². The fourth-order valence-electron chi connectivity index (χ4n) is 8.90. The Labute approximate surface area is 246 Å². The number of rotatable bonds is 8. The molecule has 3 saturated carbocycles. The zero-order valence-corrected chi connectivity index (χ0v) is 24.9. The van der Waals surface area contributed by atoms with Gasteiger partial charge in [-0.15, -0.1) is 0 Å². The van der Waals surface area contributed by atoms with Gasteiger partial charge >= 0.3 is 11.9 Å². The lowest BCUT2D eigenvalue weighted by Gasteiger charge is -2.62. The van der Waals surface area contributed by atoms with Gasteiger partial charge in [-0.2, -0.15) is 0 Å². The third kappa shape index (κ3) is 4.40. The molecule has 0 bridgehead atoms. The highest BCUT2D eigenvalue weighted by atomic mass is 19.1. The first-order chi connectivity index (χ1) is 19.8. The third-order valence-electron chi connectivity index (χ3n) is 10.9. The lowest BCUT2D eigenvalue weighted by atomic mass is 9.44. The van der Waals surface area contributed by atoms with Gasteiger partial charge in [-0.3, -0.25) is 19.2 Å². The number of benzene rings is 1.